The summed E-state index contributed by atoms with van der Waals surface area (Å²) in [6, 6.07) is 0. The third-order valence-electron chi connectivity index (χ3n) is 12.5. The number of piperazine rings is 1. The number of carbonyl (C=O) groups excluding carboxylic acids is 4. The summed E-state index contributed by atoms with van der Waals surface area (Å²) in [5.41, 5.74) is 0. The van der Waals surface area contributed by atoms with E-state index in [1.165, 1.54) is 123 Å². The summed E-state index contributed by atoms with van der Waals surface area (Å²) < 4.78 is 21.6. The Morgan fingerprint density at radius 3 is 0.889 bits per heavy atom. The lowest BCUT2D eigenvalue weighted by atomic mass is 10.1. The number of hydrogen-bond acceptors (Lipinski definition) is 12. The molecule has 1 rings (SSSR count). The molecule has 1 saturated heterocycles. The van der Waals surface area contributed by atoms with Crippen molar-refractivity contribution in [2.45, 2.75) is 201 Å². The zero-order valence-corrected chi connectivity index (χ0v) is 41.5. The van der Waals surface area contributed by atoms with Crippen molar-refractivity contribution >= 4 is 23.9 Å². The normalized spacial score (nSPS) is 13.5. The minimum absolute atomic E-state index is 0.162. The van der Waals surface area contributed by atoms with Gasteiger partial charge in [0.05, 0.1) is 52.6 Å². The molecule has 0 N–H and O–H groups in total. The summed E-state index contributed by atoms with van der Waals surface area (Å²) in [6.07, 6.45) is 30.2. The van der Waals surface area contributed by atoms with E-state index in [1.807, 2.05) is 0 Å². The number of nitrogens with zero attached hydrogens (tertiary/aromatic N) is 4. The van der Waals surface area contributed by atoms with Crippen LogP contribution in [0.15, 0.2) is 0 Å². The average Bonchev–Trinajstić information content (AvgIpc) is 3.29. The van der Waals surface area contributed by atoms with E-state index < -0.39 is 0 Å². The van der Waals surface area contributed by atoms with E-state index in [0.717, 1.165) is 90.9 Å². The fourth-order valence-corrected chi connectivity index (χ4v) is 8.06. The van der Waals surface area contributed by atoms with Gasteiger partial charge in [-0.25, -0.2) is 0 Å². The molecule has 12 heteroatoms. The van der Waals surface area contributed by atoms with E-state index in [-0.39, 0.29) is 23.9 Å². The van der Waals surface area contributed by atoms with Crippen LogP contribution in [-0.4, -0.2) is 149 Å². The van der Waals surface area contributed by atoms with Crippen LogP contribution in [0.1, 0.15) is 201 Å². The maximum atomic E-state index is 12.7. The van der Waals surface area contributed by atoms with E-state index in [9.17, 15) is 19.2 Å². The highest BCUT2D eigenvalue weighted by Gasteiger charge is 2.20. The first-order valence-corrected chi connectivity index (χ1v) is 26.2. The predicted octanol–water partition coefficient (Wildman–Crippen LogP) is 9.99. The molecule has 0 aromatic carbocycles. The molecule has 1 heterocycles. The number of hydrogen-bond donors (Lipinski definition) is 0. The first kappa shape index (κ1) is 58.7. The molecule has 0 aliphatic carbocycles. The van der Waals surface area contributed by atoms with Gasteiger partial charge in [-0.1, -0.05) is 156 Å². The lowest BCUT2D eigenvalue weighted by molar-refractivity contribution is -0.145. The minimum atomic E-state index is -0.244. The topological polar surface area (TPSA) is 118 Å². The van der Waals surface area contributed by atoms with Crippen LogP contribution < -0.4 is 0 Å². The lowest BCUT2D eigenvalue weighted by Gasteiger charge is -2.36. The highest BCUT2D eigenvalue weighted by Crippen LogP contribution is 2.12. The maximum absolute atomic E-state index is 12.7. The minimum Gasteiger partial charge on any atom is -0.469 e. The van der Waals surface area contributed by atoms with E-state index in [4.69, 9.17) is 18.9 Å². The van der Waals surface area contributed by atoms with Gasteiger partial charge < -0.3 is 28.7 Å². The number of rotatable bonds is 45. The van der Waals surface area contributed by atoms with Crippen molar-refractivity contribution in [3.8, 4) is 0 Å². The van der Waals surface area contributed by atoms with Crippen LogP contribution >= 0.6 is 0 Å². The third-order valence-corrected chi connectivity index (χ3v) is 12.5. The van der Waals surface area contributed by atoms with Crippen LogP contribution in [0.3, 0.4) is 0 Å². The molecule has 0 aromatic rings. The lowest BCUT2D eigenvalue weighted by Crippen LogP contribution is -2.50. The number of carbonyl (C=O) groups is 4. The van der Waals surface area contributed by atoms with Crippen LogP contribution in [0, 0.1) is 0 Å². The summed E-state index contributed by atoms with van der Waals surface area (Å²) in [5, 5.41) is 0. The number of esters is 4. The molecule has 0 amide bonds. The van der Waals surface area contributed by atoms with Crippen molar-refractivity contribution in [2.24, 2.45) is 0 Å². The first-order chi connectivity index (χ1) is 30.8. The fourth-order valence-electron chi connectivity index (χ4n) is 8.06. The van der Waals surface area contributed by atoms with E-state index in [2.05, 4.69) is 40.4 Å². The van der Waals surface area contributed by atoms with Gasteiger partial charge in [-0.05, 0) is 19.3 Å². The molecular formula is C51H98N4O8. The molecule has 0 radical (unpaired) electrons. The molecule has 0 bridgehead atoms. The fraction of sp³-hybridized carbons (Fsp3) is 0.922. The Morgan fingerprint density at radius 1 is 0.365 bits per heavy atom. The molecule has 1 aliphatic rings. The van der Waals surface area contributed by atoms with Gasteiger partial charge in [-0.3, -0.25) is 29.0 Å². The Bertz CT molecular complexity index is 1050. The van der Waals surface area contributed by atoms with Gasteiger partial charge in [0.1, 0.15) is 0 Å². The molecule has 12 nitrogen and oxygen atoms in total. The summed E-state index contributed by atoms with van der Waals surface area (Å²) in [7, 11) is 1.41. The van der Waals surface area contributed by atoms with Crippen molar-refractivity contribution in [3.63, 3.8) is 0 Å². The summed E-state index contributed by atoms with van der Waals surface area (Å²) in [4.78, 5) is 59.2. The Labute approximate surface area is 386 Å². The monoisotopic (exact) mass is 895 g/mol. The Kier molecular flexibility index (Phi) is 40.7. The van der Waals surface area contributed by atoms with Gasteiger partial charge in [0.15, 0.2) is 0 Å². The molecule has 0 aromatic heterocycles. The second-order valence-corrected chi connectivity index (χ2v) is 18.0. The molecule has 0 atom stereocenters. The van der Waals surface area contributed by atoms with Crippen molar-refractivity contribution in [2.75, 3.05) is 105 Å². The molecular weight excluding hydrogens is 797 g/mol. The first-order valence-electron chi connectivity index (χ1n) is 26.2. The van der Waals surface area contributed by atoms with E-state index >= 15 is 0 Å². The Balaban J connectivity index is 2.51. The van der Waals surface area contributed by atoms with Gasteiger partial charge in [0.2, 0.25) is 0 Å². The molecule has 1 fully saturated rings. The smallest absolute Gasteiger partial charge is 0.307 e. The van der Waals surface area contributed by atoms with Crippen LogP contribution in [-0.2, 0) is 38.1 Å². The van der Waals surface area contributed by atoms with Crippen LogP contribution in [0.2, 0.25) is 0 Å². The van der Waals surface area contributed by atoms with Crippen molar-refractivity contribution < 1.29 is 38.1 Å². The number of methoxy groups -OCH3 is 1. The van der Waals surface area contributed by atoms with Crippen LogP contribution in [0.4, 0.5) is 0 Å². The van der Waals surface area contributed by atoms with E-state index in [0.29, 0.717) is 71.7 Å². The van der Waals surface area contributed by atoms with Gasteiger partial charge in [-0.2, -0.15) is 0 Å². The SMILES string of the molecule is CCCCCCCCCCOC(=O)CCN(CCC(=O)OC)CCN1CCN(CCN(CCC(=O)OCCCCCCCCCC)CCC(=O)OCCCCCCCCCC)CC1. The molecule has 1 aliphatic heterocycles. The number of unbranched alkanes of at least 4 members (excludes halogenated alkanes) is 21. The zero-order valence-electron chi connectivity index (χ0n) is 41.5. The molecule has 63 heavy (non-hydrogen) atoms. The van der Waals surface area contributed by atoms with Gasteiger partial charge in [0, 0.05) is 78.5 Å². The second kappa shape index (κ2) is 43.6. The summed E-state index contributed by atoms with van der Waals surface area (Å²) in [5.74, 6) is -0.739. The maximum Gasteiger partial charge on any atom is 0.307 e. The van der Waals surface area contributed by atoms with Gasteiger partial charge in [-0.15, -0.1) is 0 Å². The zero-order chi connectivity index (χ0) is 45.9. The number of ether oxygens (including phenoxy) is 4. The van der Waals surface area contributed by atoms with Gasteiger partial charge >= 0.3 is 23.9 Å². The second-order valence-electron chi connectivity index (χ2n) is 18.0. The van der Waals surface area contributed by atoms with Crippen molar-refractivity contribution in [3.05, 3.63) is 0 Å². The summed E-state index contributed by atoms with van der Waals surface area (Å²) >= 11 is 0. The standard InChI is InChI=1S/C51H98N4O8/c1-5-8-11-14-17-20-23-26-45-61-49(57)30-34-52(33-29-48(56)60-4)37-39-54-41-43-55(44-42-54)40-38-53(35-31-50(58)62-46-27-24-21-18-15-12-9-6-2)36-32-51(59)63-47-28-25-22-19-16-13-10-7-3/h5-47H2,1-4H3. The van der Waals surface area contributed by atoms with Crippen LogP contribution in [0.5, 0.6) is 0 Å². The summed E-state index contributed by atoms with van der Waals surface area (Å²) in [6.45, 7) is 17.4. The molecule has 370 valence electrons. The van der Waals surface area contributed by atoms with Gasteiger partial charge in [0.25, 0.3) is 0 Å². The molecule has 0 spiro atoms. The molecule has 0 unspecified atom stereocenters. The highest BCUT2D eigenvalue weighted by atomic mass is 16.5. The largest absolute Gasteiger partial charge is 0.469 e. The predicted molar refractivity (Wildman–Crippen MR) is 257 cm³/mol. The van der Waals surface area contributed by atoms with E-state index in [1.54, 1.807) is 0 Å². The third kappa shape index (κ3) is 37.6. The Hall–Kier alpha value is -2.28. The Morgan fingerprint density at radius 2 is 0.619 bits per heavy atom. The van der Waals surface area contributed by atoms with Crippen molar-refractivity contribution in [1.82, 2.24) is 19.6 Å². The molecule has 0 saturated carbocycles. The highest BCUT2D eigenvalue weighted by molar-refractivity contribution is 5.70. The quantitative estimate of drug-likeness (QED) is 0.0329. The van der Waals surface area contributed by atoms with Crippen LogP contribution in [0.25, 0.3) is 0 Å². The van der Waals surface area contributed by atoms with Crippen molar-refractivity contribution in [1.29, 1.82) is 0 Å². The average molecular weight is 895 g/mol.